The Kier molecular flexibility index (Phi) is 6.54. The molecule has 82 valence electrons. The normalized spacial score (nSPS) is 19.4. The van der Waals surface area contributed by atoms with Crippen molar-refractivity contribution in [1.82, 2.24) is 0 Å². The molecule has 2 nitrogen and oxygen atoms in total. The van der Waals surface area contributed by atoms with E-state index in [9.17, 15) is 0 Å². The Morgan fingerprint density at radius 1 is 1.27 bits per heavy atom. The van der Waals surface area contributed by atoms with Crippen LogP contribution in [0.25, 0.3) is 0 Å². The second-order valence-corrected chi connectivity index (χ2v) is 3.47. The quantitative estimate of drug-likeness (QED) is 0.522. The van der Waals surface area contributed by atoms with Crippen LogP contribution in [-0.2, 0) is 9.47 Å². The van der Waals surface area contributed by atoms with Crippen LogP contribution in [0.4, 0.5) is 0 Å². The zero-order valence-electron chi connectivity index (χ0n) is 9.34. The summed E-state index contributed by atoms with van der Waals surface area (Å²) in [7, 11) is 0. The third-order valence-corrected chi connectivity index (χ3v) is 2.18. The van der Waals surface area contributed by atoms with E-state index in [-0.39, 0.29) is 6.29 Å². The minimum absolute atomic E-state index is 0.0957. The van der Waals surface area contributed by atoms with Crippen molar-refractivity contribution in [2.75, 3.05) is 6.61 Å². The highest BCUT2D eigenvalue weighted by molar-refractivity contribution is 4.97. The van der Waals surface area contributed by atoms with Crippen molar-refractivity contribution in [1.29, 1.82) is 0 Å². The summed E-state index contributed by atoms with van der Waals surface area (Å²) in [6.07, 6.45) is 8.69. The van der Waals surface area contributed by atoms with Crippen LogP contribution in [0, 0.1) is 23.9 Å². The fourth-order valence-electron chi connectivity index (χ4n) is 1.35. The van der Waals surface area contributed by atoms with Gasteiger partial charge >= 0.3 is 0 Å². The molecule has 0 N–H and O–H groups in total. The van der Waals surface area contributed by atoms with Crippen molar-refractivity contribution in [2.24, 2.45) is 0 Å². The lowest BCUT2D eigenvalue weighted by Crippen LogP contribution is -2.20. The molecule has 1 heterocycles. The van der Waals surface area contributed by atoms with E-state index in [4.69, 9.17) is 9.47 Å². The molecule has 0 aromatic heterocycles. The summed E-state index contributed by atoms with van der Waals surface area (Å²) in [5.41, 5.74) is 0. The third kappa shape index (κ3) is 6.05. The fourth-order valence-corrected chi connectivity index (χ4v) is 1.35. The van der Waals surface area contributed by atoms with Crippen LogP contribution >= 0.6 is 0 Å². The average Bonchev–Trinajstić information content (AvgIpc) is 2.29. The van der Waals surface area contributed by atoms with Gasteiger partial charge in [-0.15, -0.1) is 11.8 Å². The van der Waals surface area contributed by atoms with Crippen LogP contribution in [0.3, 0.4) is 0 Å². The van der Waals surface area contributed by atoms with Crippen molar-refractivity contribution in [3.05, 3.63) is 0 Å². The molecule has 0 saturated carbocycles. The summed E-state index contributed by atoms with van der Waals surface area (Å²) < 4.78 is 10.6. The zero-order valence-corrected chi connectivity index (χ0v) is 9.34. The molecule has 1 fully saturated rings. The van der Waals surface area contributed by atoms with Crippen LogP contribution in [0.1, 0.15) is 45.4 Å². The predicted molar refractivity (Wildman–Crippen MR) is 59.8 cm³/mol. The minimum atomic E-state index is -0.0957. The van der Waals surface area contributed by atoms with Crippen LogP contribution in [0.5, 0.6) is 0 Å². The second kappa shape index (κ2) is 8.21. The molecule has 0 spiro atoms. The van der Waals surface area contributed by atoms with Gasteiger partial charge in [0.2, 0.25) is 6.29 Å². The van der Waals surface area contributed by atoms with E-state index >= 15 is 0 Å². The topological polar surface area (TPSA) is 18.5 Å². The third-order valence-electron chi connectivity index (χ3n) is 2.18. The Morgan fingerprint density at radius 3 is 2.87 bits per heavy atom. The van der Waals surface area contributed by atoms with Gasteiger partial charge in [-0.2, -0.15) is 0 Å². The molecule has 0 bridgehead atoms. The van der Waals surface area contributed by atoms with Crippen LogP contribution < -0.4 is 0 Å². The van der Waals surface area contributed by atoms with Crippen LogP contribution in [0.15, 0.2) is 0 Å². The number of unbranched alkanes of at least 4 members (excludes halogenated alkanes) is 2. The Labute approximate surface area is 92.3 Å². The van der Waals surface area contributed by atoms with Crippen molar-refractivity contribution < 1.29 is 9.47 Å². The first-order valence-electron chi connectivity index (χ1n) is 5.58. The van der Waals surface area contributed by atoms with Crippen molar-refractivity contribution >= 4 is 0 Å². The van der Waals surface area contributed by atoms with E-state index in [1.807, 2.05) is 6.92 Å². The van der Waals surface area contributed by atoms with E-state index in [0.717, 1.165) is 38.7 Å². The van der Waals surface area contributed by atoms with E-state index in [1.54, 1.807) is 0 Å². The number of ether oxygens (including phenoxy) is 2. The van der Waals surface area contributed by atoms with Gasteiger partial charge in [-0.25, -0.2) is 0 Å². The molecule has 15 heavy (non-hydrogen) atoms. The van der Waals surface area contributed by atoms with Crippen LogP contribution in [0.2, 0.25) is 0 Å². The molecule has 1 saturated heterocycles. The Hall–Kier alpha value is -1.12. The van der Waals surface area contributed by atoms with Gasteiger partial charge in [0.15, 0.2) is 0 Å². The van der Waals surface area contributed by atoms with E-state index < -0.39 is 0 Å². The molecule has 0 aliphatic carbocycles. The molecule has 2 heteroatoms. The van der Waals surface area contributed by atoms with Gasteiger partial charge in [0.05, 0.1) is 6.61 Å². The lowest BCUT2D eigenvalue weighted by atomic mass is 10.2. The van der Waals surface area contributed by atoms with Crippen molar-refractivity contribution in [3.63, 3.8) is 0 Å². The number of hydrogen-bond donors (Lipinski definition) is 0. The van der Waals surface area contributed by atoms with E-state index in [1.165, 1.54) is 6.42 Å². The Bertz CT molecular complexity index is 268. The first-order chi connectivity index (χ1) is 7.43. The number of hydrogen-bond acceptors (Lipinski definition) is 2. The molecule has 1 aliphatic heterocycles. The molecule has 0 amide bonds. The summed E-state index contributed by atoms with van der Waals surface area (Å²) in [4.78, 5) is 0. The molecule has 1 atom stereocenters. The maximum atomic E-state index is 5.38. The van der Waals surface area contributed by atoms with Gasteiger partial charge in [0.25, 0.3) is 0 Å². The molecule has 0 radical (unpaired) electrons. The predicted octanol–water partition coefficient (Wildman–Crippen LogP) is 2.68. The first kappa shape index (κ1) is 12.0. The van der Waals surface area contributed by atoms with Gasteiger partial charge in [0, 0.05) is 19.3 Å². The van der Waals surface area contributed by atoms with E-state index in [2.05, 4.69) is 23.9 Å². The minimum Gasteiger partial charge on any atom is -0.414 e. The Morgan fingerprint density at radius 2 is 2.13 bits per heavy atom. The first-order valence-corrected chi connectivity index (χ1v) is 5.58. The van der Waals surface area contributed by atoms with E-state index in [0.29, 0.717) is 0 Å². The van der Waals surface area contributed by atoms with Gasteiger partial charge in [0.1, 0.15) is 6.11 Å². The van der Waals surface area contributed by atoms with Gasteiger partial charge in [-0.05, 0) is 26.2 Å². The zero-order chi connectivity index (χ0) is 10.8. The maximum absolute atomic E-state index is 5.38. The number of rotatable bonds is 3. The standard InChI is InChI=1S/C13H18O2/c1-2-3-4-5-6-8-11-14-13-10-7-9-12-15-13/h13H,4-7,9-10,12H2,1H3. The largest absolute Gasteiger partial charge is 0.414 e. The molecule has 1 unspecified atom stereocenters. The molecule has 0 aromatic carbocycles. The second-order valence-electron chi connectivity index (χ2n) is 3.47. The lowest BCUT2D eigenvalue weighted by Gasteiger charge is -2.19. The lowest BCUT2D eigenvalue weighted by molar-refractivity contribution is -0.121. The van der Waals surface area contributed by atoms with Crippen molar-refractivity contribution in [2.45, 2.75) is 51.7 Å². The highest BCUT2D eigenvalue weighted by Crippen LogP contribution is 2.12. The summed E-state index contributed by atoms with van der Waals surface area (Å²) in [6.45, 7) is 2.66. The maximum Gasteiger partial charge on any atom is 0.210 e. The monoisotopic (exact) mass is 206 g/mol. The summed E-state index contributed by atoms with van der Waals surface area (Å²) in [5, 5.41) is 0. The van der Waals surface area contributed by atoms with Gasteiger partial charge in [-0.3, -0.25) is 0 Å². The smallest absolute Gasteiger partial charge is 0.210 e. The molecule has 1 aliphatic rings. The highest BCUT2D eigenvalue weighted by Gasteiger charge is 2.12. The van der Waals surface area contributed by atoms with Gasteiger partial charge in [-0.1, -0.05) is 5.92 Å². The van der Waals surface area contributed by atoms with Crippen molar-refractivity contribution in [3.8, 4) is 23.9 Å². The molecular formula is C13H18O2. The molecular weight excluding hydrogens is 188 g/mol. The summed E-state index contributed by atoms with van der Waals surface area (Å²) in [6, 6.07) is 0. The van der Waals surface area contributed by atoms with Crippen LogP contribution in [-0.4, -0.2) is 12.9 Å². The highest BCUT2D eigenvalue weighted by atomic mass is 16.7. The van der Waals surface area contributed by atoms with Gasteiger partial charge < -0.3 is 9.47 Å². The Balaban J connectivity index is 2.01. The average molecular weight is 206 g/mol. The summed E-state index contributed by atoms with van der Waals surface area (Å²) >= 11 is 0. The summed E-state index contributed by atoms with van der Waals surface area (Å²) in [5.74, 6) is 8.84. The molecule has 0 aromatic rings. The molecule has 1 rings (SSSR count). The fraction of sp³-hybridized carbons (Fsp3) is 0.692. The SMILES string of the molecule is CC#CCCCC#COC1CCCCO1.